The highest BCUT2D eigenvalue weighted by Crippen LogP contribution is 2.43. The third-order valence-corrected chi connectivity index (χ3v) is 8.17. The van der Waals surface area contributed by atoms with E-state index in [1.807, 2.05) is 0 Å². The molecule has 0 radical (unpaired) electrons. The fourth-order valence-corrected chi connectivity index (χ4v) is 6.25. The van der Waals surface area contributed by atoms with Gasteiger partial charge in [0.05, 0.1) is 23.5 Å². The molecule has 6 unspecified atom stereocenters. The van der Waals surface area contributed by atoms with Crippen LogP contribution in [-0.4, -0.2) is 35.3 Å². The molecular formula is C23H36N4. The zero-order valence-electron chi connectivity index (χ0n) is 17.2. The van der Waals surface area contributed by atoms with Crippen LogP contribution in [0.15, 0.2) is 15.1 Å². The lowest BCUT2D eigenvalue weighted by Gasteiger charge is -2.37. The van der Waals surface area contributed by atoms with E-state index in [0.29, 0.717) is 30.0 Å². The van der Waals surface area contributed by atoms with Gasteiger partial charge in [-0.3, -0.25) is 9.98 Å². The average molecular weight is 369 g/mol. The van der Waals surface area contributed by atoms with Gasteiger partial charge in [-0.15, -0.1) is 0 Å². The molecular weight excluding hydrogens is 332 g/mol. The van der Waals surface area contributed by atoms with E-state index < -0.39 is 0 Å². The van der Waals surface area contributed by atoms with Crippen LogP contribution >= 0.6 is 0 Å². The van der Waals surface area contributed by atoms with Crippen molar-refractivity contribution in [2.75, 3.05) is 0 Å². The van der Waals surface area contributed by atoms with Crippen molar-refractivity contribution in [2.24, 2.45) is 38.8 Å². The van der Waals surface area contributed by atoms with Crippen molar-refractivity contribution in [2.45, 2.75) is 103 Å². The first-order valence-electron chi connectivity index (χ1n) is 11.7. The summed E-state index contributed by atoms with van der Waals surface area (Å²) >= 11 is 0. The molecule has 0 spiro atoms. The normalized spacial score (nSPS) is 43.4. The van der Waals surface area contributed by atoms with Crippen molar-refractivity contribution in [3.8, 4) is 0 Å². The number of nitrogens with one attached hydrogen (secondary N) is 1. The summed E-state index contributed by atoms with van der Waals surface area (Å²) in [6, 6.07) is 1.40. The number of fused-ring (bicyclic) bond motifs is 4. The minimum absolute atomic E-state index is 0.398. The number of aliphatic imine (C=N–C) groups is 2. The van der Waals surface area contributed by atoms with Crippen LogP contribution in [0.2, 0.25) is 0 Å². The predicted octanol–water partition coefficient (Wildman–Crippen LogP) is 4.78. The van der Waals surface area contributed by atoms with Gasteiger partial charge in [-0.05, 0) is 50.4 Å². The molecule has 5 rings (SSSR count). The van der Waals surface area contributed by atoms with E-state index in [1.165, 1.54) is 87.8 Å². The quantitative estimate of drug-likeness (QED) is 0.700. The minimum atomic E-state index is 0.398. The third-order valence-electron chi connectivity index (χ3n) is 8.17. The van der Waals surface area contributed by atoms with E-state index in [2.05, 4.69) is 19.3 Å². The summed E-state index contributed by atoms with van der Waals surface area (Å²) in [5.41, 5.74) is 7.39. The zero-order valence-corrected chi connectivity index (χ0v) is 17.2. The van der Waals surface area contributed by atoms with Crippen LogP contribution < -0.4 is 5.43 Å². The zero-order chi connectivity index (χ0) is 18.4. The first-order valence-corrected chi connectivity index (χ1v) is 11.7. The number of hydrogen-bond donors (Lipinski definition) is 1. The molecule has 1 aliphatic heterocycles. The van der Waals surface area contributed by atoms with Crippen LogP contribution in [0, 0.1) is 23.7 Å². The third kappa shape index (κ3) is 3.27. The lowest BCUT2D eigenvalue weighted by Crippen LogP contribution is -2.41. The Morgan fingerprint density at radius 1 is 0.778 bits per heavy atom. The predicted molar refractivity (Wildman–Crippen MR) is 113 cm³/mol. The van der Waals surface area contributed by atoms with Gasteiger partial charge in [0.1, 0.15) is 5.71 Å². The Morgan fingerprint density at radius 3 is 2.15 bits per heavy atom. The van der Waals surface area contributed by atoms with Crippen molar-refractivity contribution in [1.29, 1.82) is 0 Å². The highest BCUT2D eigenvalue weighted by atomic mass is 15.3. The summed E-state index contributed by atoms with van der Waals surface area (Å²) in [7, 11) is 0. The van der Waals surface area contributed by atoms with E-state index in [0.717, 1.165) is 11.8 Å². The van der Waals surface area contributed by atoms with Gasteiger partial charge in [0.25, 0.3) is 0 Å². The first kappa shape index (κ1) is 17.9. The Bertz CT molecular complexity index is 657. The molecule has 5 aliphatic rings. The minimum Gasteiger partial charge on any atom is -0.307 e. The summed E-state index contributed by atoms with van der Waals surface area (Å²) in [4.78, 5) is 10.7. The summed E-state index contributed by atoms with van der Waals surface area (Å²) in [5, 5.41) is 5.04. The van der Waals surface area contributed by atoms with Crippen LogP contribution in [0.1, 0.15) is 84.5 Å². The standard InChI is InChI=1S/C23H36N4/c1-14-12-19-20(13-15(14)2)25-23-21(24-19)17-10-6-7-11-18(17)22(23)27-26-16-8-4-3-5-9-16/h14-20,26H,3-13H2,1-2H3/b27-22+. The smallest absolute Gasteiger partial charge is 0.103 e. The van der Waals surface area contributed by atoms with Gasteiger partial charge in [0.15, 0.2) is 0 Å². The lowest BCUT2D eigenvalue weighted by molar-refractivity contribution is 0.225. The fraction of sp³-hybridized carbons (Fsp3) is 0.870. The molecule has 148 valence electrons. The summed E-state index contributed by atoms with van der Waals surface area (Å²) in [6.07, 6.45) is 14.3. The monoisotopic (exact) mass is 368 g/mol. The second-order valence-corrected chi connectivity index (χ2v) is 10.0. The Kier molecular flexibility index (Phi) is 4.85. The Balaban J connectivity index is 1.44. The van der Waals surface area contributed by atoms with Gasteiger partial charge in [-0.2, -0.15) is 5.10 Å². The number of nitrogens with zero attached hydrogens (tertiary/aromatic N) is 3. The van der Waals surface area contributed by atoms with Gasteiger partial charge in [-0.1, -0.05) is 46.0 Å². The molecule has 0 amide bonds. The van der Waals surface area contributed by atoms with E-state index in [9.17, 15) is 0 Å². The SMILES string of the molecule is CC1CC2N=C3C(=NC2CC1C)C1CCCCC1/C3=N\NC1CCCCC1. The van der Waals surface area contributed by atoms with E-state index in [4.69, 9.17) is 15.1 Å². The molecule has 4 heteroatoms. The lowest BCUT2D eigenvalue weighted by atomic mass is 9.75. The van der Waals surface area contributed by atoms with Gasteiger partial charge < -0.3 is 5.43 Å². The molecule has 1 N–H and O–H groups in total. The first-order chi connectivity index (χ1) is 13.2. The maximum Gasteiger partial charge on any atom is 0.103 e. The van der Waals surface area contributed by atoms with Crippen LogP contribution in [0.5, 0.6) is 0 Å². The molecule has 4 fully saturated rings. The molecule has 0 saturated heterocycles. The van der Waals surface area contributed by atoms with Crippen molar-refractivity contribution >= 4 is 17.1 Å². The maximum absolute atomic E-state index is 5.36. The number of hydrazone groups is 1. The fourth-order valence-electron chi connectivity index (χ4n) is 6.25. The average Bonchev–Trinajstić information content (AvgIpc) is 2.99. The topological polar surface area (TPSA) is 49.1 Å². The molecule has 0 aromatic carbocycles. The highest BCUT2D eigenvalue weighted by Gasteiger charge is 2.48. The van der Waals surface area contributed by atoms with Crippen molar-refractivity contribution in [3.05, 3.63) is 0 Å². The van der Waals surface area contributed by atoms with Gasteiger partial charge >= 0.3 is 0 Å². The van der Waals surface area contributed by atoms with Crippen LogP contribution in [0.3, 0.4) is 0 Å². The molecule has 4 aliphatic carbocycles. The highest BCUT2D eigenvalue weighted by molar-refractivity contribution is 6.73. The number of rotatable bonds is 2. The van der Waals surface area contributed by atoms with E-state index >= 15 is 0 Å². The van der Waals surface area contributed by atoms with Gasteiger partial charge in [-0.25, -0.2) is 0 Å². The van der Waals surface area contributed by atoms with Crippen LogP contribution in [0.25, 0.3) is 0 Å². The van der Waals surface area contributed by atoms with Crippen LogP contribution in [0.4, 0.5) is 0 Å². The van der Waals surface area contributed by atoms with E-state index in [-0.39, 0.29) is 0 Å². The molecule has 6 atom stereocenters. The maximum atomic E-state index is 5.36. The summed E-state index contributed by atoms with van der Waals surface area (Å²) in [6.45, 7) is 4.80. The summed E-state index contributed by atoms with van der Waals surface area (Å²) in [5.74, 6) is 2.70. The summed E-state index contributed by atoms with van der Waals surface area (Å²) < 4.78 is 0. The molecule has 1 heterocycles. The molecule has 0 bridgehead atoms. The molecule has 0 aromatic heterocycles. The van der Waals surface area contributed by atoms with Crippen molar-refractivity contribution in [1.82, 2.24) is 5.43 Å². The Labute approximate surface area is 164 Å². The second kappa shape index (κ2) is 7.33. The Morgan fingerprint density at radius 2 is 1.41 bits per heavy atom. The number of hydrogen-bond acceptors (Lipinski definition) is 4. The van der Waals surface area contributed by atoms with Crippen molar-refractivity contribution < 1.29 is 0 Å². The van der Waals surface area contributed by atoms with E-state index in [1.54, 1.807) is 0 Å². The second-order valence-electron chi connectivity index (χ2n) is 10.0. The molecule has 4 nitrogen and oxygen atoms in total. The molecule has 0 aromatic rings. The largest absolute Gasteiger partial charge is 0.307 e. The van der Waals surface area contributed by atoms with Gasteiger partial charge in [0.2, 0.25) is 0 Å². The van der Waals surface area contributed by atoms with Crippen LogP contribution in [-0.2, 0) is 0 Å². The molecule has 4 saturated carbocycles. The van der Waals surface area contributed by atoms with Gasteiger partial charge in [0, 0.05) is 17.9 Å². The molecule has 27 heavy (non-hydrogen) atoms. The van der Waals surface area contributed by atoms with Crippen molar-refractivity contribution in [3.63, 3.8) is 0 Å². The Hall–Kier alpha value is -1.19.